The van der Waals surface area contributed by atoms with Crippen LogP contribution in [0.15, 0.2) is 42.5 Å². The Balaban J connectivity index is 1.13. The SMILES string of the molecule is c1ccc2c(c1)OC[C@@H](CNCCCOc1ccc3c(c1)OCO3)O2. The van der Waals surface area contributed by atoms with Gasteiger partial charge in [0.1, 0.15) is 18.5 Å². The summed E-state index contributed by atoms with van der Waals surface area (Å²) in [4.78, 5) is 0. The molecule has 0 aromatic heterocycles. The van der Waals surface area contributed by atoms with E-state index >= 15 is 0 Å². The van der Waals surface area contributed by atoms with Crippen molar-refractivity contribution in [3.05, 3.63) is 42.5 Å². The van der Waals surface area contributed by atoms with Gasteiger partial charge in [-0.05, 0) is 37.2 Å². The second-order valence-electron chi connectivity index (χ2n) is 5.92. The van der Waals surface area contributed by atoms with E-state index in [0.717, 1.165) is 48.3 Å². The predicted molar refractivity (Wildman–Crippen MR) is 91.9 cm³/mol. The molecule has 0 bridgehead atoms. The minimum Gasteiger partial charge on any atom is -0.493 e. The molecule has 0 radical (unpaired) electrons. The Bertz CT molecular complexity index is 721. The third-order valence-electron chi connectivity index (χ3n) is 4.05. The van der Waals surface area contributed by atoms with Crippen molar-refractivity contribution >= 4 is 0 Å². The number of para-hydroxylation sites is 2. The lowest BCUT2D eigenvalue weighted by molar-refractivity contribution is 0.0902. The molecule has 2 aliphatic rings. The van der Waals surface area contributed by atoms with Crippen LogP contribution in [-0.4, -0.2) is 39.2 Å². The molecule has 0 spiro atoms. The highest BCUT2D eigenvalue weighted by Gasteiger charge is 2.19. The maximum Gasteiger partial charge on any atom is 0.231 e. The quantitative estimate of drug-likeness (QED) is 0.780. The molecule has 132 valence electrons. The summed E-state index contributed by atoms with van der Waals surface area (Å²) in [6.07, 6.45) is 0.934. The van der Waals surface area contributed by atoms with Gasteiger partial charge in [0, 0.05) is 12.6 Å². The molecule has 0 amide bonds. The van der Waals surface area contributed by atoms with Crippen LogP contribution < -0.4 is 29.0 Å². The third kappa shape index (κ3) is 3.91. The molecular formula is C19H21NO5. The lowest BCUT2D eigenvalue weighted by Crippen LogP contribution is -2.39. The molecule has 6 nitrogen and oxygen atoms in total. The van der Waals surface area contributed by atoms with E-state index in [9.17, 15) is 0 Å². The first-order valence-electron chi connectivity index (χ1n) is 8.50. The molecule has 0 saturated carbocycles. The monoisotopic (exact) mass is 343 g/mol. The Hall–Kier alpha value is -2.60. The molecule has 1 N–H and O–H groups in total. The highest BCUT2D eigenvalue weighted by atomic mass is 16.7. The number of hydrogen-bond donors (Lipinski definition) is 1. The summed E-state index contributed by atoms with van der Waals surface area (Å²) < 4.78 is 28.0. The van der Waals surface area contributed by atoms with Gasteiger partial charge in [-0.15, -0.1) is 0 Å². The first-order chi connectivity index (χ1) is 12.4. The van der Waals surface area contributed by atoms with E-state index in [1.165, 1.54) is 0 Å². The van der Waals surface area contributed by atoms with Crippen molar-refractivity contribution in [1.82, 2.24) is 5.32 Å². The smallest absolute Gasteiger partial charge is 0.231 e. The van der Waals surface area contributed by atoms with Gasteiger partial charge in [0.25, 0.3) is 0 Å². The topological polar surface area (TPSA) is 58.2 Å². The minimum atomic E-state index is 0.0321. The van der Waals surface area contributed by atoms with Crippen LogP contribution in [0.1, 0.15) is 6.42 Å². The average Bonchev–Trinajstić information content (AvgIpc) is 3.12. The van der Waals surface area contributed by atoms with Crippen LogP contribution in [0.5, 0.6) is 28.7 Å². The van der Waals surface area contributed by atoms with Crippen molar-refractivity contribution in [1.29, 1.82) is 0 Å². The molecule has 0 unspecified atom stereocenters. The number of fused-ring (bicyclic) bond motifs is 2. The molecule has 2 aromatic carbocycles. The van der Waals surface area contributed by atoms with Gasteiger partial charge in [-0.1, -0.05) is 12.1 Å². The summed E-state index contributed by atoms with van der Waals surface area (Å²) in [5.41, 5.74) is 0. The fourth-order valence-electron chi connectivity index (χ4n) is 2.78. The van der Waals surface area contributed by atoms with Crippen LogP contribution in [0, 0.1) is 0 Å². The molecule has 0 saturated heterocycles. The van der Waals surface area contributed by atoms with Crippen molar-refractivity contribution in [2.45, 2.75) is 12.5 Å². The van der Waals surface area contributed by atoms with Crippen LogP contribution in [0.25, 0.3) is 0 Å². The second kappa shape index (κ2) is 7.53. The summed E-state index contributed by atoms with van der Waals surface area (Å²) in [7, 11) is 0. The van der Waals surface area contributed by atoms with E-state index in [-0.39, 0.29) is 12.9 Å². The van der Waals surface area contributed by atoms with Gasteiger partial charge in [0.2, 0.25) is 6.79 Å². The van der Waals surface area contributed by atoms with Crippen LogP contribution in [-0.2, 0) is 0 Å². The fraction of sp³-hybridized carbons (Fsp3) is 0.368. The third-order valence-corrected chi connectivity index (χ3v) is 4.05. The van der Waals surface area contributed by atoms with Gasteiger partial charge in [-0.25, -0.2) is 0 Å². The molecule has 0 aliphatic carbocycles. The van der Waals surface area contributed by atoms with Crippen molar-refractivity contribution < 1.29 is 23.7 Å². The highest BCUT2D eigenvalue weighted by Crippen LogP contribution is 2.35. The van der Waals surface area contributed by atoms with E-state index in [2.05, 4.69) is 5.32 Å². The Morgan fingerprint density at radius 1 is 0.960 bits per heavy atom. The van der Waals surface area contributed by atoms with Gasteiger partial charge in [-0.2, -0.15) is 0 Å². The molecule has 2 heterocycles. The van der Waals surface area contributed by atoms with Crippen molar-refractivity contribution in [3.63, 3.8) is 0 Å². The maximum atomic E-state index is 5.91. The Morgan fingerprint density at radius 3 is 2.76 bits per heavy atom. The van der Waals surface area contributed by atoms with Gasteiger partial charge in [0.05, 0.1) is 6.61 Å². The Labute approximate surface area is 146 Å². The molecular weight excluding hydrogens is 322 g/mol. The van der Waals surface area contributed by atoms with Gasteiger partial charge in [-0.3, -0.25) is 0 Å². The van der Waals surface area contributed by atoms with E-state index in [0.29, 0.717) is 13.2 Å². The zero-order chi connectivity index (χ0) is 16.9. The summed E-state index contributed by atoms with van der Waals surface area (Å²) >= 11 is 0. The van der Waals surface area contributed by atoms with Gasteiger partial charge < -0.3 is 29.0 Å². The maximum absolute atomic E-state index is 5.91. The van der Waals surface area contributed by atoms with E-state index in [1.807, 2.05) is 42.5 Å². The molecule has 4 rings (SSSR count). The molecule has 6 heteroatoms. The summed E-state index contributed by atoms with van der Waals surface area (Å²) in [6.45, 7) is 3.08. The Kier molecular flexibility index (Phi) is 4.79. The second-order valence-corrected chi connectivity index (χ2v) is 5.92. The predicted octanol–water partition coefficient (Wildman–Crippen LogP) is 2.61. The Morgan fingerprint density at radius 2 is 1.80 bits per heavy atom. The van der Waals surface area contributed by atoms with Crippen LogP contribution in [0.3, 0.4) is 0 Å². The normalized spacial score (nSPS) is 17.4. The number of rotatable bonds is 7. The zero-order valence-corrected chi connectivity index (χ0v) is 13.9. The van der Waals surface area contributed by atoms with E-state index in [1.54, 1.807) is 0 Å². The summed E-state index contributed by atoms with van der Waals surface area (Å²) in [5.74, 6) is 3.93. The zero-order valence-electron chi connectivity index (χ0n) is 13.9. The average molecular weight is 343 g/mol. The minimum absolute atomic E-state index is 0.0321. The fourth-order valence-corrected chi connectivity index (χ4v) is 2.78. The molecule has 2 aromatic rings. The van der Waals surface area contributed by atoms with Crippen molar-refractivity contribution in [2.75, 3.05) is 33.1 Å². The molecule has 0 fully saturated rings. The number of hydrogen-bond acceptors (Lipinski definition) is 6. The van der Waals surface area contributed by atoms with E-state index < -0.39 is 0 Å². The largest absolute Gasteiger partial charge is 0.493 e. The lowest BCUT2D eigenvalue weighted by Gasteiger charge is -2.26. The molecule has 1 atom stereocenters. The van der Waals surface area contributed by atoms with Crippen molar-refractivity contribution in [2.24, 2.45) is 0 Å². The first kappa shape index (κ1) is 15.9. The highest BCUT2D eigenvalue weighted by molar-refractivity contribution is 5.46. The molecule has 2 aliphatic heterocycles. The summed E-state index contributed by atoms with van der Waals surface area (Å²) in [6, 6.07) is 13.4. The van der Waals surface area contributed by atoms with Gasteiger partial charge >= 0.3 is 0 Å². The van der Waals surface area contributed by atoms with Crippen LogP contribution in [0.2, 0.25) is 0 Å². The molecule has 25 heavy (non-hydrogen) atoms. The van der Waals surface area contributed by atoms with Crippen LogP contribution in [0.4, 0.5) is 0 Å². The number of nitrogens with one attached hydrogen (secondary N) is 1. The number of ether oxygens (including phenoxy) is 5. The van der Waals surface area contributed by atoms with Crippen LogP contribution >= 0.6 is 0 Å². The number of benzene rings is 2. The summed E-state index contributed by atoms with van der Waals surface area (Å²) in [5, 5.41) is 3.38. The van der Waals surface area contributed by atoms with Gasteiger partial charge in [0.15, 0.2) is 23.0 Å². The van der Waals surface area contributed by atoms with E-state index in [4.69, 9.17) is 23.7 Å². The lowest BCUT2D eigenvalue weighted by atomic mass is 10.2. The first-order valence-corrected chi connectivity index (χ1v) is 8.50. The van der Waals surface area contributed by atoms with Crippen molar-refractivity contribution in [3.8, 4) is 28.7 Å². The standard InChI is InChI=1S/C19H21NO5/c1-2-5-18-16(4-1)22-12-15(25-18)11-20-8-3-9-21-14-6-7-17-19(10-14)24-13-23-17/h1-2,4-7,10,15,20H,3,8-9,11-13H2/t15-/m1/s1.